The number of para-hydroxylation sites is 2. The summed E-state index contributed by atoms with van der Waals surface area (Å²) in [6, 6.07) is 15.4. The summed E-state index contributed by atoms with van der Waals surface area (Å²) in [5, 5.41) is 0. The molecule has 138 valence electrons. The number of aromatic nitrogens is 2. The Hall–Kier alpha value is -2.73. The third kappa shape index (κ3) is 3.21. The molecule has 1 aromatic heterocycles. The number of fused-ring (bicyclic) bond motifs is 1. The summed E-state index contributed by atoms with van der Waals surface area (Å²) in [7, 11) is 0. The number of hydrogen-bond acceptors (Lipinski definition) is 5. The third-order valence-electron chi connectivity index (χ3n) is 5.64. The Morgan fingerprint density at radius 2 is 1.52 bits per heavy atom. The average molecular weight is 363 g/mol. The minimum absolute atomic E-state index is 0.177. The number of anilines is 2. The molecule has 2 saturated heterocycles. The monoisotopic (exact) mass is 363 g/mol. The highest BCUT2D eigenvalue weighted by molar-refractivity contribution is 5.75. The average Bonchev–Trinajstić information content (AvgIpc) is 2.68. The van der Waals surface area contributed by atoms with Gasteiger partial charge in [-0.2, -0.15) is 0 Å². The zero-order chi connectivity index (χ0) is 18.2. The van der Waals surface area contributed by atoms with E-state index in [2.05, 4.69) is 19.7 Å². The molecule has 0 N–H and O–H groups in total. The smallest absolute Gasteiger partial charge is 0.147 e. The molecule has 2 fully saturated rings. The number of benzene rings is 2. The van der Waals surface area contributed by atoms with E-state index in [0.29, 0.717) is 6.04 Å². The van der Waals surface area contributed by atoms with Crippen molar-refractivity contribution in [1.29, 1.82) is 0 Å². The Bertz CT molecular complexity index is 931. The maximum Gasteiger partial charge on any atom is 0.147 e. The highest BCUT2D eigenvalue weighted by Gasteiger charge is 2.34. The molecule has 0 aliphatic carbocycles. The zero-order valence-corrected chi connectivity index (χ0v) is 15.1. The highest BCUT2D eigenvalue weighted by atomic mass is 19.1. The van der Waals surface area contributed by atoms with E-state index in [1.807, 2.05) is 42.6 Å². The van der Waals surface area contributed by atoms with Crippen LogP contribution in [0.2, 0.25) is 0 Å². The lowest BCUT2D eigenvalue weighted by atomic mass is 10.1. The molecule has 0 unspecified atom stereocenters. The fourth-order valence-electron chi connectivity index (χ4n) is 3.97. The normalized spacial score (nSPS) is 18.7. The van der Waals surface area contributed by atoms with Crippen molar-refractivity contribution in [2.75, 3.05) is 49.1 Å². The van der Waals surface area contributed by atoms with Gasteiger partial charge in [-0.15, -0.1) is 0 Å². The summed E-state index contributed by atoms with van der Waals surface area (Å²) in [5.41, 5.74) is 3.00. The van der Waals surface area contributed by atoms with Crippen molar-refractivity contribution >= 4 is 22.5 Å². The lowest BCUT2D eigenvalue weighted by Gasteiger charge is -2.48. The predicted molar refractivity (Wildman–Crippen MR) is 106 cm³/mol. The number of nitrogens with zero attached hydrogens (tertiary/aromatic N) is 5. The molecule has 5 rings (SSSR count). The number of halogens is 1. The summed E-state index contributed by atoms with van der Waals surface area (Å²) in [4.78, 5) is 16.5. The maximum absolute atomic E-state index is 13.1. The lowest BCUT2D eigenvalue weighted by molar-refractivity contribution is 0.157. The molecule has 0 radical (unpaired) electrons. The predicted octanol–water partition coefficient (Wildman–Crippen LogP) is 2.78. The molecule has 27 heavy (non-hydrogen) atoms. The van der Waals surface area contributed by atoms with Crippen LogP contribution in [-0.4, -0.2) is 60.2 Å². The molecule has 0 amide bonds. The van der Waals surface area contributed by atoms with Crippen LogP contribution in [0, 0.1) is 5.82 Å². The third-order valence-corrected chi connectivity index (χ3v) is 5.64. The second-order valence-electron chi connectivity index (χ2n) is 7.28. The van der Waals surface area contributed by atoms with E-state index in [1.165, 1.54) is 12.1 Å². The Labute approximate surface area is 158 Å². The van der Waals surface area contributed by atoms with Crippen molar-refractivity contribution < 1.29 is 4.39 Å². The molecule has 0 spiro atoms. The number of piperazine rings is 1. The van der Waals surface area contributed by atoms with Crippen LogP contribution in [0.15, 0.2) is 54.7 Å². The van der Waals surface area contributed by atoms with Gasteiger partial charge in [0.25, 0.3) is 0 Å². The van der Waals surface area contributed by atoms with Crippen LogP contribution in [0.1, 0.15) is 0 Å². The van der Waals surface area contributed by atoms with E-state index in [1.54, 1.807) is 0 Å². The van der Waals surface area contributed by atoms with Crippen molar-refractivity contribution in [3.05, 3.63) is 60.5 Å². The molecular formula is C21H22FN5. The van der Waals surface area contributed by atoms with Crippen LogP contribution < -0.4 is 9.80 Å². The van der Waals surface area contributed by atoms with Crippen LogP contribution in [0.5, 0.6) is 0 Å². The minimum Gasteiger partial charge on any atom is -0.369 e. The van der Waals surface area contributed by atoms with Crippen molar-refractivity contribution in [2.24, 2.45) is 0 Å². The minimum atomic E-state index is -0.177. The van der Waals surface area contributed by atoms with Gasteiger partial charge in [0.15, 0.2) is 0 Å². The van der Waals surface area contributed by atoms with Crippen molar-refractivity contribution in [3.8, 4) is 0 Å². The molecule has 3 aromatic rings. The first-order valence-corrected chi connectivity index (χ1v) is 9.47. The van der Waals surface area contributed by atoms with Gasteiger partial charge in [-0.3, -0.25) is 9.88 Å². The second-order valence-corrected chi connectivity index (χ2v) is 7.28. The highest BCUT2D eigenvalue weighted by Crippen LogP contribution is 2.25. The van der Waals surface area contributed by atoms with Gasteiger partial charge < -0.3 is 9.80 Å². The first-order chi connectivity index (χ1) is 13.3. The molecule has 0 bridgehead atoms. The van der Waals surface area contributed by atoms with Crippen molar-refractivity contribution in [1.82, 2.24) is 14.9 Å². The van der Waals surface area contributed by atoms with Crippen LogP contribution in [0.3, 0.4) is 0 Å². The molecule has 2 aliphatic heterocycles. The standard InChI is InChI=1S/C21H22FN5/c22-16-5-7-17(8-6-16)25-9-11-26(12-10-25)18-14-27(15-18)21-13-23-19-3-1-2-4-20(19)24-21/h1-8,13,18H,9-12,14-15H2. The van der Waals surface area contributed by atoms with Crippen LogP contribution in [0.25, 0.3) is 11.0 Å². The van der Waals surface area contributed by atoms with E-state index in [0.717, 1.165) is 61.8 Å². The molecule has 2 aliphatic rings. The molecule has 3 heterocycles. The van der Waals surface area contributed by atoms with Gasteiger partial charge in [-0.05, 0) is 36.4 Å². The first-order valence-electron chi connectivity index (χ1n) is 9.47. The van der Waals surface area contributed by atoms with Gasteiger partial charge in [-0.1, -0.05) is 12.1 Å². The van der Waals surface area contributed by atoms with Crippen molar-refractivity contribution in [3.63, 3.8) is 0 Å². The van der Waals surface area contributed by atoms with E-state index >= 15 is 0 Å². The lowest BCUT2D eigenvalue weighted by Crippen LogP contribution is -2.63. The van der Waals surface area contributed by atoms with E-state index in [9.17, 15) is 4.39 Å². The van der Waals surface area contributed by atoms with Crippen LogP contribution in [0.4, 0.5) is 15.9 Å². The van der Waals surface area contributed by atoms with E-state index < -0.39 is 0 Å². The maximum atomic E-state index is 13.1. The molecule has 2 aromatic carbocycles. The summed E-state index contributed by atoms with van der Waals surface area (Å²) in [6.07, 6.45) is 1.88. The van der Waals surface area contributed by atoms with E-state index in [4.69, 9.17) is 4.98 Å². The summed E-state index contributed by atoms with van der Waals surface area (Å²) < 4.78 is 13.1. The first kappa shape index (κ1) is 16.4. The quantitative estimate of drug-likeness (QED) is 0.715. The van der Waals surface area contributed by atoms with Crippen LogP contribution in [-0.2, 0) is 0 Å². The SMILES string of the molecule is Fc1ccc(N2CCN(C3CN(c4cnc5ccccc5n4)C3)CC2)cc1. The van der Waals surface area contributed by atoms with E-state index in [-0.39, 0.29) is 5.82 Å². The molecule has 5 nitrogen and oxygen atoms in total. The largest absolute Gasteiger partial charge is 0.369 e. The number of hydrogen-bond donors (Lipinski definition) is 0. The fraction of sp³-hybridized carbons (Fsp3) is 0.333. The second kappa shape index (κ2) is 6.78. The van der Waals surface area contributed by atoms with Gasteiger partial charge in [0, 0.05) is 51.0 Å². The van der Waals surface area contributed by atoms with Gasteiger partial charge in [0.1, 0.15) is 11.6 Å². The summed E-state index contributed by atoms with van der Waals surface area (Å²) in [5.74, 6) is 0.790. The summed E-state index contributed by atoms with van der Waals surface area (Å²) in [6.45, 7) is 6.06. The van der Waals surface area contributed by atoms with Gasteiger partial charge in [0.2, 0.25) is 0 Å². The van der Waals surface area contributed by atoms with Gasteiger partial charge in [-0.25, -0.2) is 9.37 Å². The Kier molecular flexibility index (Phi) is 4.13. The van der Waals surface area contributed by atoms with Gasteiger partial charge in [0.05, 0.1) is 17.2 Å². The fourth-order valence-corrected chi connectivity index (χ4v) is 3.97. The topological polar surface area (TPSA) is 35.5 Å². The molecule has 0 saturated carbocycles. The number of rotatable bonds is 3. The molecule has 0 atom stereocenters. The summed E-state index contributed by atoms with van der Waals surface area (Å²) >= 11 is 0. The van der Waals surface area contributed by atoms with Crippen LogP contribution >= 0.6 is 0 Å². The Morgan fingerprint density at radius 3 is 2.26 bits per heavy atom. The zero-order valence-electron chi connectivity index (χ0n) is 15.1. The molecule has 6 heteroatoms. The van der Waals surface area contributed by atoms with Gasteiger partial charge >= 0.3 is 0 Å². The Balaban J connectivity index is 1.17. The van der Waals surface area contributed by atoms with Crippen molar-refractivity contribution in [2.45, 2.75) is 6.04 Å². The molecular weight excluding hydrogens is 341 g/mol. The Morgan fingerprint density at radius 1 is 0.815 bits per heavy atom.